The van der Waals surface area contributed by atoms with E-state index in [1.165, 1.54) is 0 Å². The number of amides is 1. The van der Waals surface area contributed by atoms with Gasteiger partial charge in [-0.2, -0.15) is 0 Å². The molecule has 0 bridgehead atoms. The van der Waals surface area contributed by atoms with E-state index in [1.54, 1.807) is 19.1 Å². The Morgan fingerprint density at radius 2 is 1.89 bits per heavy atom. The summed E-state index contributed by atoms with van der Waals surface area (Å²) in [4.78, 5) is 21.9. The Kier molecular flexibility index (Phi) is 5.65. The van der Waals surface area contributed by atoms with Crippen LogP contribution in [0, 0.1) is 5.92 Å². The summed E-state index contributed by atoms with van der Waals surface area (Å²) < 4.78 is 0. The SMILES string of the molecule is C[C@@H](CC(=O)[O-])CC(=O)NCc1ccc(Cl)cc1. The van der Waals surface area contributed by atoms with E-state index in [0.29, 0.717) is 11.6 Å². The molecular formula is C13H15ClNO3-. The number of carboxylic acid groups (broad SMARTS) is 1. The summed E-state index contributed by atoms with van der Waals surface area (Å²) in [6.45, 7) is 2.12. The van der Waals surface area contributed by atoms with Crippen LogP contribution < -0.4 is 10.4 Å². The second-order valence-corrected chi connectivity index (χ2v) is 4.73. The minimum Gasteiger partial charge on any atom is -0.550 e. The van der Waals surface area contributed by atoms with Crippen LogP contribution in [0.1, 0.15) is 25.3 Å². The van der Waals surface area contributed by atoms with Gasteiger partial charge >= 0.3 is 0 Å². The minimum absolute atomic E-state index is 0.103. The van der Waals surface area contributed by atoms with Gasteiger partial charge in [-0.05, 0) is 30.0 Å². The van der Waals surface area contributed by atoms with Crippen LogP contribution in [0.15, 0.2) is 24.3 Å². The topological polar surface area (TPSA) is 69.2 Å². The Hall–Kier alpha value is -1.55. The van der Waals surface area contributed by atoms with E-state index in [0.717, 1.165) is 5.56 Å². The second-order valence-electron chi connectivity index (χ2n) is 4.29. The van der Waals surface area contributed by atoms with Crippen molar-refractivity contribution in [2.45, 2.75) is 26.3 Å². The van der Waals surface area contributed by atoms with E-state index >= 15 is 0 Å². The molecule has 0 aromatic heterocycles. The molecule has 0 saturated carbocycles. The molecule has 18 heavy (non-hydrogen) atoms. The first kappa shape index (κ1) is 14.5. The van der Waals surface area contributed by atoms with Gasteiger partial charge in [-0.1, -0.05) is 30.7 Å². The van der Waals surface area contributed by atoms with Crippen LogP contribution in [0.2, 0.25) is 5.02 Å². The van der Waals surface area contributed by atoms with Gasteiger partial charge < -0.3 is 15.2 Å². The summed E-state index contributed by atoms with van der Waals surface area (Å²) in [5, 5.41) is 13.7. The van der Waals surface area contributed by atoms with Gasteiger partial charge in [0.25, 0.3) is 0 Å². The molecule has 1 amide bonds. The highest BCUT2D eigenvalue weighted by atomic mass is 35.5. The van der Waals surface area contributed by atoms with Gasteiger partial charge in [0.15, 0.2) is 0 Å². The van der Waals surface area contributed by atoms with Gasteiger partial charge in [0.05, 0.1) is 0 Å². The highest BCUT2D eigenvalue weighted by Crippen LogP contribution is 2.10. The molecule has 0 radical (unpaired) electrons. The van der Waals surface area contributed by atoms with E-state index in [-0.39, 0.29) is 24.7 Å². The number of halogens is 1. The van der Waals surface area contributed by atoms with Crippen molar-refractivity contribution in [3.63, 3.8) is 0 Å². The van der Waals surface area contributed by atoms with Gasteiger partial charge in [0.2, 0.25) is 5.91 Å². The van der Waals surface area contributed by atoms with E-state index < -0.39 is 5.97 Å². The zero-order valence-electron chi connectivity index (χ0n) is 10.1. The number of carbonyl (C=O) groups is 2. The quantitative estimate of drug-likeness (QED) is 0.841. The Labute approximate surface area is 111 Å². The fourth-order valence-corrected chi connectivity index (χ4v) is 1.67. The maximum Gasteiger partial charge on any atom is 0.220 e. The average molecular weight is 269 g/mol. The number of carbonyl (C=O) groups excluding carboxylic acids is 2. The van der Waals surface area contributed by atoms with Crippen LogP contribution in [-0.4, -0.2) is 11.9 Å². The van der Waals surface area contributed by atoms with Crippen molar-refractivity contribution >= 4 is 23.5 Å². The Morgan fingerprint density at radius 1 is 1.28 bits per heavy atom. The number of aliphatic carboxylic acids is 1. The van der Waals surface area contributed by atoms with Crippen molar-refractivity contribution in [2.24, 2.45) is 5.92 Å². The Bertz CT molecular complexity index is 417. The first-order valence-corrected chi connectivity index (χ1v) is 6.06. The fourth-order valence-electron chi connectivity index (χ4n) is 1.55. The maximum atomic E-state index is 11.5. The van der Waals surface area contributed by atoms with Crippen LogP contribution >= 0.6 is 11.6 Å². The van der Waals surface area contributed by atoms with Gasteiger partial charge in [-0.3, -0.25) is 4.79 Å². The highest BCUT2D eigenvalue weighted by molar-refractivity contribution is 6.30. The lowest BCUT2D eigenvalue weighted by molar-refractivity contribution is -0.306. The normalized spacial score (nSPS) is 11.9. The number of carboxylic acids is 1. The largest absolute Gasteiger partial charge is 0.550 e. The molecule has 0 aliphatic heterocycles. The van der Waals surface area contributed by atoms with Crippen molar-refractivity contribution in [2.75, 3.05) is 0 Å². The summed E-state index contributed by atoms with van der Waals surface area (Å²) in [7, 11) is 0. The van der Waals surface area contributed by atoms with Crippen LogP contribution in [0.25, 0.3) is 0 Å². The Morgan fingerprint density at radius 3 is 2.44 bits per heavy atom. The molecule has 0 spiro atoms. The molecule has 5 heteroatoms. The summed E-state index contributed by atoms with van der Waals surface area (Å²) >= 11 is 5.74. The molecule has 1 aromatic rings. The number of hydrogen-bond donors (Lipinski definition) is 1. The zero-order valence-corrected chi connectivity index (χ0v) is 10.9. The monoisotopic (exact) mass is 268 g/mol. The molecule has 1 aromatic carbocycles. The van der Waals surface area contributed by atoms with Gasteiger partial charge in [0, 0.05) is 24.0 Å². The molecule has 0 saturated heterocycles. The second kappa shape index (κ2) is 7.01. The summed E-state index contributed by atoms with van der Waals surface area (Å²) in [5.74, 6) is -1.52. The van der Waals surface area contributed by atoms with Crippen LogP contribution in [0.3, 0.4) is 0 Å². The van der Waals surface area contributed by atoms with E-state index in [9.17, 15) is 14.7 Å². The molecular weight excluding hydrogens is 254 g/mol. The number of nitrogens with one attached hydrogen (secondary N) is 1. The number of benzene rings is 1. The maximum absolute atomic E-state index is 11.5. The fraction of sp³-hybridized carbons (Fsp3) is 0.385. The smallest absolute Gasteiger partial charge is 0.220 e. The molecule has 1 rings (SSSR count). The molecule has 1 N–H and O–H groups in total. The van der Waals surface area contributed by atoms with Gasteiger partial charge in [0.1, 0.15) is 0 Å². The lowest BCUT2D eigenvalue weighted by Crippen LogP contribution is -2.28. The van der Waals surface area contributed by atoms with Crippen molar-refractivity contribution in [1.29, 1.82) is 0 Å². The van der Waals surface area contributed by atoms with Crippen molar-refractivity contribution in [3.8, 4) is 0 Å². The molecule has 0 heterocycles. The lowest BCUT2D eigenvalue weighted by atomic mass is 10.0. The summed E-state index contributed by atoms with van der Waals surface area (Å²) in [6, 6.07) is 7.16. The van der Waals surface area contributed by atoms with Gasteiger partial charge in [-0.25, -0.2) is 0 Å². The van der Waals surface area contributed by atoms with Gasteiger partial charge in [-0.15, -0.1) is 0 Å². The third kappa shape index (κ3) is 5.68. The zero-order chi connectivity index (χ0) is 13.5. The number of hydrogen-bond acceptors (Lipinski definition) is 3. The number of rotatable bonds is 6. The molecule has 0 unspecified atom stereocenters. The molecule has 0 fully saturated rings. The predicted molar refractivity (Wildman–Crippen MR) is 66.7 cm³/mol. The minimum atomic E-state index is -1.13. The first-order chi connectivity index (χ1) is 8.47. The highest BCUT2D eigenvalue weighted by Gasteiger charge is 2.09. The van der Waals surface area contributed by atoms with Crippen molar-refractivity contribution < 1.29 is 14.7 Å². The summed E-state index contributed by atoms with van der Waals surface area (Å²) in [6.07, 6.45) is 0.0793. The van der Waals surface area contributed by atoms with Crippen molar-refractivity contribution in [3.05, 3.63) is 34.9 Å². The molecule has 98 valence electrons. The van der Waals surface area contributed by atoms with E-state index in [4.69, 9.17) is 11.6 Å². The standard InChI is InChI=1S/C13H16ClNO3/c1-9(7-13(17)18)6-12(16)15-8-10-2-4-11(14)5-3-10/h2-5,9H,6-8H2,1H3,(H,15,16)(H,17,18)/p-1/t9-/m1/s1. The van der Waals surface area contributed by atoms with E-state index in [1.807, 2.05) is 12.1 Å². The third-order valence-electron chi connectivity index (χ3n) is 2.45. The van der Waals surface area contributed by atoms with Crippen LogP contribution in [0.4, 0.5) is 0 Å². The van der Waals surface area contributed by atoms with Crippen LogP contribution in [-0.2, 0) is 16.1 Å². The third-order valence-corrected chi connectivity index (χ3v) is 2.70. The molecule has 0 aliphatic carbocycles. The summed E-state index contributed by atoms with van der Waals surface area (Å²) in [5.41, 5.74) is 0.945. The van der Waals surface area contributed by atoms with E-state index in [2.05, 4.69) is 5.32 Å². The van der Waals surface area contributed by atoms with Crippen LogP contribution in [0.5, 0.6) is 0 Å². The Balaban J connectivity index is 2.32. The van der Waals surface area contributed by atoms with Crippen molar-refractivity contribution in [1.82, 2.24) is 5.32 Å². The lowest BCUT2D eigenvalue weighted by Gasteiger charge is -2.12. The molecule has 0 aliphatic rings. The average Bonchev–Trinajstić information content (AvgIpc) is 2.27. The molecule has 4 nitrogen and oxygen atoms in total. The first-order valence-electron chi connectivity index (χ1n) is 5.68. The molecule has 1 atom stereocenters. The predicted octanol–water partition coefficient (Wildman–Crippen LogP) is 1.12.